The number of anilines is 1. The number of amides is 1. The van der Waals surface area contributed by atoms with Gasteiger partial charge in [-0.1, -0.05) is 43.6 Å². The fourth-order valence-electron chi connectivity index (χ4n) is 3.95. The van der Waals surface area contributed by atoms with Crippen LogP contribution in [0.2, 0.25) is 5.02 Å². The van der Waals surface area contributed by atoms with Crippen molar-refractivity contribution in [3.8, 4) is 0 Å². The molecule has 0 aliphatic carbocycles. The number of hydrogen-bond donors (Lipinski definition) is 0. The molecule has 3 aromatic rings. The van der Waals surface area contributed by atoms with E-state index < -0.39 is 11.7 Å². The molecule has 0 radical (unpaired) electrons. The molecule has 1 aromatic carbocycles. The van der Waals surface area contributed by atoms with E-state index in [2.05, 4.69) is 10.1 Å². The average molecular weight is 494 g/mol. The number of aromatic nitrogens is 3. The van der Waals surface area contributed by atoms with Crippen molar-refractivity contribution >= 4 is 34.1 Å². The van der Waals surface area contributed by atoms with Gasteiger partial charge in [0.05, 0.1) is 16.0 Å². The standard InChI is InChI=1S/C23H23ClF3N5O2/c1-14(2)13-32-21(33)17-6-4-3-5-16(17)19(29-32)22(34)31-9-7-30(8-10-31)20-18(24)11-15(12-28-20)23(25,26)27/h3-6,11-12,14H,7-10,13H2,1-2H3. The van der Waals surface area contributed by atoms with Gasteiger partial charge < -0.3 is 9.80 Å². The van der Waals surface area contributed by atoms with E-state index in [9.17, 15) is 22.8 Å². The number of fused-ring (bicyclic) bond motifs is 1. The Morgan fingerprint density at radius 3 is 2.35 bits per heavy atom. The highest BCUT2D eigenvalue weighted by atomic mass is 35.5. The van der Waals surface area contributed by atoms with Crippen molar-refractivity contribution in [3.05, 3.63) is 63.2 Å². The lowest BCUT2D eigenvalue weighted by atomic mass is 10.1. The summed E-state index contributed by atoms with van der Waals surface area (Å²) in [6, 6.07) is 7.75. The number of piperazine rings is 1. The van der Waals surface area contributed by atoms with Gasteiger partial charge in [0.15, 0.2) is 5.69 Å². The summed E-state index contributed by atoms with van der Waals surface area (Å²) in [5, 5.41) is 5.23. The molecule has 3 heterocycles. The summed E-state index contributed by atoms with van der Waals surface area (Å²) >= 11 is 6.08. The summed E-state index contributed by atoms with van der Waals surface area (Å²) in [4.78, 5) is 33.5. The molecule has 180 valence electrons. The summed E-state index contributed by atoms with van der Waals surface area (Å²) in [7, 11) is 0. The van der Waals surface area contributed by atoms with Crippen LogP contribution in [0.15, 0.2) is 41.3 Å². The summed E-state index contributed by atoms with van der Waals surface area (Å²) in [6.07, 6.45) is -3.77. The van der Waals surface area contributed by atoms with Gasteiger partial charge in [0.2, 0.25) is 0 Å². The normalized spacial score (nSPS) is 14.8. The van der Waals surface area contributed by atoms with Crippen molar-refractivity contribution in [2.45, 2.75) is 26.6 Å². The molecular formula is C23H23ClF3N5O2. The predicted octanol–water partition coefficient (Wildman–Crippen LogP) is 4.08. The third-order valence-corrected chi connectivity index (χ3v) is 5.90. The van der Waals surface area contributed by atoms with Crippen LogP contribution < -0.4 is 10.5 Å². The van der Waals surface area contributed by atoms with Gasteiger partial charge in [-0.25, -0.2) is 9.67 Å². The topological polar surface area (TPSA) is 71.3 Å². The van der Waals surface area contributed by atoms with Crippen molar-refractivity contribution in [3.63, 3.8) is 0 Å². The molecule has 1 aliphatic heterocycles. The minimum Gasteiger partial charge on any atom is -0.352 e. The average Bonchev–Trinajstić information content (AvgIpc) is 2.80. The van der Waals surface area contributed by atoms with E-state index in [0.717, 1.165) is 12.3 Å². The Labute approximate surface area is 198 Å². The molecule has 11 heteroatoms. The minimum atomic E-state index is -4.53. The Kier molecular flexibility index (Phi) is 6.53. The molecule has 0 bridgehead atoms. The Balaban J connectivity index is 1.56. The zero-order chi connectivity index (χ0) is 24.6. The Bertz CT molecular complexity index is 1280. The molecule has 1 amide bonds. The minimum absolute atomic E-state index is 0.0944. The van der Waals surface area contributed by atoms with Crippen LogP contribution in [0, 0.1) is 5.92 Å². The molecule has 1 fully saturated rings. The van der Waals surface area contributed by atoms with E-state index >= 15 is 0 Å². The van der Waals surface area contributed by atoms with Gasteiger partial charge in [0.25, 0.3) is 11.5 Å². The first-order valence-electron chi connectivity index (χ1n) is 10.8. The highest BCUT2D eigenvalue weighted by Gasteiger charge is 2.33. The van der Waals surface area contributed by atoms with Gasteiger partial charge in [-0.15, -0.1) is 0 Å². The zero-order valence-corrected chi connectivity index (χ0v) is 19.4. The van der Waals surface area contributed by atoms with E-state index in [1.807, 2.05) is 13.8 Å². The number of carbonyl (C=O) groups excluding carboxylic acids is 1. The van der Waals surface area contributed by atoms with E-state index in [4.69, 9.17) is 11.6 Å². The fourth-order valence-corrected chi connectivity index (χ4v) is 4.24. The molecule has 0 saturated carbocycles. The highest BCUT2D eigenvalue weighted by molar-refractivity contribution is 6.33. The van der Waals surface area contributed by atoms with Crippen LogP contribution in [-0.4, -0.2) is 51.8 Å². The number of benzene rings is 1. The highest BCUT2D eigenvalue weighted by Crippen LogP contribution is 2.33. The number of nitrogens with zero attached hydrogens (tertiary/aromatic N) is 5. The number of carbonyl (C=O) groups is 1. The van der Waals surface area contributed by atoms with Crippen molar-refractivity contribution in [2.75, 3.05) is 31.1 Å². The van der Waals surface area contributed by atoms with Crippen molar-refractivity contribution < 1.29 is 18.0 Å². The number of halogens is 4. The van der Waals surface area contributed by atoms with Crippen LogP contribution >= 0.6 is 11.6 Å². The lowest BCUT2D eigenvalue weighted by Gasteiger charge is -2.35. The van der Waals surface area contributed by atoms with Crippen LogP contribution in [0.4, 0.5) is 19.0 Å². The third kappa shape index (κ3) is 4.72. The number of hydrogen-bond acceptors (Lipinski definition) is 5. The number of alkyl halides is 3. The Morgan fingerprint density at radius 1 is 1.12 bits per heavy atom. The quantitative estimate of drug-likeness (QED) is 0.547. The van der Waals surface area contributed by atoms with Gasteiger partial charge in [0.1, 0.15) is 5.82 Å². The maximum Gasteiger partial charge on any atom is 0.417 e. The SMILES string of the molecule is CC(C)Cn1nc(C(=O)N2CCN(c3ncc(C(F)(F)F)cc3Cl)CC2)c2ccccc2c1=O. The maximum atomic E-state index is 13.4. The molecule has 1 aliphatic rings. The molecule has 0 unspecified atom stereocenters. The zero-order valence-electron chi connectivity index (χ0n) is 18.6. The van der Waals surface area contributed by atoms with E-state index in [0.29, 0.717) is 43.5 Å². The monoisotopic (exact) mass is 493 g/mol. The first-order chi connectivity index (χ1) is 16.1. The van der Waals surface area contributed by atoms with Crippen molar-refractivity contribution in [2.24, 2.45) is 5.92 Å². The van der Waals surface area contributed by atoms with Crippen LogP contribution in [-0.2, 0) is 12.7 Å². The summed E-state index contributed by atoms with van der Waals surface area (Å²) in [5.74, 6) is 0.106. The van der Waals surface area contributed by atoms with Gasteiger partial charge in [-0.05, 0) is 18.1 Å². The van der Waals surface area contributed by atoms with Crippen LogP contribution in [0.25, 0.3) is 10.8 Å². The molecule has 4 rings (SSSR count). The second kappa shape index (κ2) is 9.25. The fraction of sp³-hybridized carbons (Fsp3) is 0.391. The molecule has 34 heavy (non-hydrogen) atoms. The molecular weight excluding hydrogens is 471 g/mol. The first-order valence-corrected chi connectivity index (χ1v) is 11.2. The summed E-state index contributed by atoms with van der Waals surface area (Å²) < 4.78 is 40.0. The van der Waals surface area contributed by atoms with Crippen LogP contribution in [0.1, 0.15) is 29.9 Å². The number of pyridine rings is 1. The second-order valence-electron chi connectivity index (χ2n) is 8.58. The molecule has 2 aromatic heterocycles. The van der Waals surface area contributed by atoms with Gasteiger partial charge >= 0.3 is 6.18 Å². The van der Waals surface area contributed by atoms with E-state index in [1.165, 1.54) is 4.68 Å². The predicted molar refractivity (Wildman–Crippen MR) is 123 cm³/mol. The van der Waals surface area contributed by atoms with Crippen molar-refractivity contribution in [1.82, 2.24) is 19.7 Å². The largest absolute Gasteiger partial charge is 0.417 e. The Morgan fingerprint density at radius 2 is 1.76 bits per heavy atom. The smallest absolute Gasteiger partial charge is 0.352 e. The lowest BCUT2D eigenvalue weighted by molar-refractivity contribution is -0.137. The molecule has 0 spiro atoms. The maximum absolute atomic E-state index is 13.4. The van der Waals surface area contributed by atoms with E-state index in [-0.39, 0.29) is 33.9 Å². The van der Waals surface area contributed by atoms with Crippen LogP contribution in [0.3, 0.4) is 0 Å². The second-order valence-corrected chi connectivity index (χ2v) is 8.99. The first kappa shape index (κ1) is 24.0. The van der Waals surface area contributed by atoms with Gasteiger partial charge in [-0.3, -0.25) is 9.59 Å². The molecule has 7 nitrogen and oxygen atoms in total. The van der Waals surface area contributed by atoms with Gasteiger partial charge in [-0.2, -0.15) is 18.3 Å². The van der Waals surface area contributed by atoms with Gasteiger partial charge in [0, 0.05) is 44.3 Å². The summed E-state index contributed by atoms with van der Waals surface area (Å²) in [5.41, 5.74) is -0.951. The Hall–Kier alpha value is -3.14. The van der Waals surface area contributed by atoms with E-state index in [1.54, 1.807) is 34.1 Å². The summed E-state index contributed by atoms with van der Waals surface area (Å²) in [6.45, 7) is 5.60. The molecule has 1 saturated heterocycles. The third-order valence-electron chi connectivity index (χ3n) is 5.62. The molecule has 0 N–H and O–H groups in total. The molecule has 0 atom stereocenters. The van der Waals surface area contributed by atoms with Crippen LogP contribution in [0.5, 0.6) is 0 Å². The van der Waals surface area contributed by atoms with Crippen molar-refractivity contribution in [1.29, 1.82) is 0 Å². The number of rotatable bonds is 4. The lowest BCUT2D eigenvalue weighted by Crippen LogP contribution is -2.49.